The topological polar surface area (TPSA) is 73.2 Å². The number of carbonyl (C=O) groups excluding carboxylic acids is 2. The minimum Gasteiger partial charge on any atom is -0.350 e. The maximum absolute atomic E-state index is 13.0. The molecule has 7 heteroatoms. The van der Waals surface area contributed by atoms with Gasteiger partial charge in [0.15, 0.2) is 0 Å². The van der Waals surface area contributed by atoms with Crippen LogP contribution in [-0.4, -0.2) is 29.3 Å². The van der Waals surface area contributed by atoms with E-state index in [0.29, 0.717) is 42.3 Å². The number of hydrogen-bond donors (Lipinski definition) is 1. The first-order valence-electron chi connectivity index (χ1n) is 12.3. The molecule has 1 fully saturated rings. The number of unbranched alkanes of at least 4 members (excludes halogenated alkanes) is 1. The highest BCUT2D eigenvalue weighted by Gasteiger charge is 2.36. The summed E-state index contributed by atoms with van der Waals surface area (Å²) in [6.45, 7) is 5.03. The van der Waals surface area contributed by atoms with Crippen molar-refractivity contribution in [1.29, 1.82) is 5.26 Å². The molecule has 0 radical (unpaired) electrons. The van der Waals surface area contributed by atoms with Crippen LogP contribution < -0.4 is 5.32 Å². The maximum atomic E-state index is 13.0. The highest BCUT2D eigenvalue weighted by molar-refractivity contribution is 6.35. The SMILES string of the molecule is CC(C)C(C#N)(CCCCC(=O)N1CCC[C@@H]1C(=O)NCc1ccc(Cl)cc1Cl)c1ccccc1. The van der Waals surface area contributed by atoms with E-state index in [4.69, 9.17) is 23.2 Å². The van der Waals surface area contributed by atoms with Crippen molar-refractivity contribution in [3.8, 4) is 6.07 Å². The second-order valence-electron chi connectivity index (χ2n) is 9.51. The lowest BCUT2D eigenvalue weighted by molar-refractivity contribution is -0.138. The summed E-state index contributed by atoms with van der Waals surface area (Å²) >= 11 is 12.1. The molecule has 1 aliphatic heterocycles. The third-order valence-electron chi connectivity index (χ3n) is 7.03. The van der Waals surface area contributed by atoms with E-state index in [1.54, 1.807) is 23.1 Å². The Morgan fingerprint density at radius 2 is 1.91 bits per heavy atom. The molecule has 2 atom stereocenters. The summed E-state index contributed by atoms with van der Waals surface area (Å²) in [6, 6.07) is 17.2. The normalized spacial score (nSPS) is 17.1. The Morgan fingerprint density at radius 1 is 1.17 bits per heavy atom. The summed E-state index contributed by atoms with van der Waals surface area (Å²) in [5.41, 5.74) is 1.24. The van der Waals surface area contributed by atoms with Gasteiger partial charge < -0.3 is 10.2 Å². The van der Waals surface area contributed by atoms with E-state index in [0.717, 1.165) is 24.0 Å². The van der Waals surface area contributed by atoms with Crippen LogP contribution >= 0.6 is 23.2 Å². The van der Waals surface area contributed by atoms with Crippen molar-refractivity contribution in [1.82, 2.24) is 10.2 Å². The predicted molar refractivity (Wildman–Crippen MR) is 140 cm³/mol. The largest absolute Gasteiger partial charge is 0.350 e. The molecule has 0 aliphatic carbocycles. The molecule has 0 bridgehead atoms. The molecular formula is C28H33Cl2N3O2. The zero-order valence-electron chi connectivity index (χ0n) is 20.4. The van der Waals surface area contributed by atoms with Crippen LogP contribution in [0.1, 0.15) is 63.5 Å². The highest BCUT2D eigenvalue weighted by Crippen LogP contribution is 2.37. The van der Waals surface area contributed by atoms with Crippen molar-refractivity contribution in [2.24, 2.45) is 5.92 Å². The molecule has 1 heterocycles. The number of nitrogens with one attached hydrogen (secondary N) is 1. The van der Waals surface area contributed by atoms with Crippen LogP contribution in [-0.2, 0) is 21.5 Å². The first kappa shape index (κ1) is 27.0. The van der Waals surface area contributed by atoms with Gasteiger partial charge >= 0.3 is 0 Å². The Balaban J connectivity index is 1.52. The van der Waals surface area contributed by atoms with Crippen molar-refractivity contribution < 1.29 is 9.59 Å². The summed E-state index contributed by atoms with van der Waals surface area (Å²) in [5.74, 6) is -0.000330. The average molecular weight is 514 g/mol. The summed E-state index contributed by atoms with van der Waals surface area (Å²) < 4.78 is 0. The zero-order chi connectivity index (χ0) is 25.4. The van der Waals surface area contributed by atoms with E-state index in [9.17, 15) is 14.9 Å². The number of benzene rings is 2. The Morgan fingerprint density at radius 3 is 2.57 bits per heavy atom. The molecule has 1 N–H and O–H groups in total. The van der Waals surface area contributed by atoms with Crippen molar-refractivity contribution in [2.75, 3.05) is 6.54 Å². The van der Waals surface area contributed by atoms with Crippen molar-refractivity contribution >= 4 is 35.0 Å². The van der Waals surface area contributed by atoms with Crippen LogP contribution in [0.3, 0.4) is 0 Å². The Hall–Kier alpha value is -2.55. The number of hydrogen-bond acceptors (Lipinski definition) is 3. The predicted octanol–water partition coefficient (Wildman–Crippen LogP) is 6.28. The minimum absolute atomic E-state index is 0.000934. The molecule has 0 spiro atoms. The van der Waals surface area contributed by atoms with Gasteiger partial charge in [-0.1, -0.05) is 79.9 Å². The molecule has 0 saturated carbocycles. The van der Waals surface area contributed by atoms with Gasteiger partial charge in [0.2, 0.25) is 11.8 Å². The van der Waals surface area contributed by atoms with Gasteiger partial charge in [-0.05, 0) is 54.9 Å². The van der Waals surface area contributed by atoms with Gasteiger partial charge in [0.1, 0.15) is 6.04 Å². The van der Waals surface area contributed by atoms with Crippen molar-refractivity contribution in [2.45, 2.75) is 70.4 Å². The van der Waals surface area contributed by atoms with Crippen LogP contribution in [0.2, 0.25) is 10.0 Å². The lowest BCUT2D eigenvalue weighted by atomic mass is 9.69. The summed E-state index contributed by atoms with van der Waals surface area (Å²) in [5, 5.41) is 14.0. The fourth-order valence-corrected chi connectivity index (χ4v) is 5.35. The molecule has 2 aromatic rings. The number of amides is 2. The van der Waals surface area contributed by atoms with Gasteiger partial charge in [-0.2, -0.15) is 5.26 Å². The zero-order valence-corrected chi connectivity index (χ0v) is 21.9. The van der Waals surface area contributed by atoms with Gasteiger partial charge in [-0.3, -0.25) is 9.59 Å². The summed E-state index contributed by atoms with van der Waals surface area (Å²) in [4.78, 5) is 27.5. The van der Waals surface area contributed by atoms with Crippen LogP contribution in [0, 0.1) is 17.2 Å². The quantitative estimate of drug-likeness (QED) is 0.380. The van der Waals surface area contributed by atoms with Crippen LogP contribution in [0.15, 0.2) is 48.5 Å². The molecule has 0 aromatic heterocycles. The van der Waals surface area contributed by atoms with Gasteiger partial charge in [0.05, 0.1) is 11.5 Å². The number of nitriles is 1. The minimum atomic E-state index is -0.566. The van der Waals surface area contributed by atoms with Crippen LogP contribution in [0.4, 0.5) is 0 Å². The van der Waals surface area contributed by atoms with E-state index in [2.05, 4.69) is 25.2 Å². The number of carbonyl (C=O) groups is 2. The lowest BCUT2D eigenvalue weighted by Crippen LogP contribution is -2.45. The van der Waals surface area contributed by atoms with E-state index < -0.39 is 11.5 Å². The first-order valence-corrected chi connectivity index (χ1v) is 13.0. The van der Waals surface area contributed by atoms with Crippen molar-refractivity contribution in [3.05, 3.63) is 69.7 Å². The summed E-state index contributed by atoms with van der Waals surface area (Å²) in [6.07, 6.45) is 4.00. The molecule has 186 valence electrons. The summed E-state index contributed by atoms with van der Waals surface area (Å²) in [7, 11) is 0. The fraction of sp³-hybridized carbons (Fsp3) is 0.464. The van der Waals surface area contributed by atoms with Gasteiger partial charge in [0, 0.05) is 29.6 Å². The number of halogens is 2. The molecule has 1 saturated heterocycles. The average Bonchev–Trinajstić information content (AvgIpc) is 3.34. The van der Waals surface area contributed by atoms with E-state index in [1.807, 2.05) is 30.3 Å². The third kappa shape index (κ3) is 6.57. The second kappa shape index (κ2) is 12.4. The Labute approximate surface area is 218 Å². The molecule has 35 heavy (non-hydrogen) atoms. The smallest absolute Gasteiger partial charge is 0.243 e. The molecular weight excluding hydrogens is 481 g/mol. The molecule has 2 aromatic carbocycles. The van der Waals surface area contributed by atoms with Gasteiger partial charge in [0.25, 0.3) is 0 Å². The second-order valence-corrected chi connectivity index (χ2v) is 10.4. The van der Waals surface area contributed by atoms with Crippen LogP contribution in [0.5, 0.6) is 0 Å². The molecule has 2 amide bonds. The number of nitrogens with zero attached hydrogens (tertiary/aromatic N) is 2. The number of likely N-dealkylation sites (tertiary alicyclic amines) is 1. The van der Waals surface area contributed by atoms with Gasteiger partial charge in [-0.25, -0.2) is 0 Å². The molecule has 1 aliphatic rings. The Bertz CT molecular complexity index is 1070. The molecule has 3 rings (SSSR count). The monoisotopic (exact) mass is 513 g/mol. The van der Waals surface area contributed by atoms with Crippen LogP contribution in [0.25, 0.3) is 0 Å². The Kier molecular flexibility index (Phi) is 9.60. The third-order valence-corrected chi connectivity index (χ3v) is 7.62. The van der Waals surface area contributed by atoms with E-state index in [1.165, 1.54) is 0 Å². The van der Waals surface area contributed by atoms with Gasteiger partial charge in [-0.15, -0.1) is 0 Å². The van der Waals surface area contributed by atoms with E-state index >= 15 is 0 Å². The fourth-order valence-electron chi connectivity index (χ4n) is 4.88. The number of rotatable bonds is 10. The molecule has 5 nitrogen and oxygen atoms in total. The first-order chi connectivity index (χ1) is 16.8. The van der Waals surface area contributed by atoms with E-state index in [-0.39, 0.29) is 24.3 Å². The molecule has 1 unspecified atom stereocenters. The van der Waals surface area contributed by atoms with Crippen molar-refractivity contribution in [3.63, 3.8) is 0 Å². The maximum Gasteiger partial charge on any atom is 0.243 e. The highest BCUT2D eigenvalue weighted by atomic mass is 35.5. The standard InChI is InChI=1S/C28H33Cl2N3O2/c1-20(2)28(19-31,22-9-4-3-5-10-22)15-7-6-12-26(34)33-16-8-11-25(33)27(35)32-18-21-13-14-23(29)17-24(21)30/h3-5,9-10,13-14,17,20,25H,6-8,11-12,15-16,18H2,1-2H3,(H,32,35)/t25-,28?/m1/s1. The lowest BCUT2D eigenvalue weighted by Gasteiger charge is -2.31.